The number of aromatic nitrogens is 3. The van der Waals surface area contributed by atoms with Gasteiger partial charge in [0, 0.05) is 63.4 Å². The van der Waals surface area contributed by atoms with Gasteiger partial charge in [-0.15, -0.1) is 0 Å². The zero-order valence-corrected chi connectivity index (χ0v) is 21.0. The number of carbonyl (C=O) groups is 1. The van der Waals surface area contributed by atoms with Crippen molar-refractivity contribution in [2.75, 3.05) is 30.4 Å². The fourth-order valence-corrected chi connectivity index (χ4v) is 5.14. The number of aromatic carboxylic acids is 1. The van der Waals surface area contributed by atoms with E-state index in [2.05, 4.69) is 4.98 Å². The van der Waals surface area contributed by atoms with Crippen LogP contribution in [0.2, 0.25) is 0 Å². The predicted molar refractivity (Wildman–Crippen MR) is 139 cm³/mol. The van der Waals surface area contributed by atoms with Gasteiger partial charge in [-0.25, -0.2) is 23.4 Å². The van der Waals surface area contributed by atoms with Gasteiger partial charge in [0.25, 0.3) is 6.43 Å². The summed E-state index contributed by atoms with van der Waals surface area (Å²) in [5.74, 6) is -1.17. The van der Waals surface area contributed by atoms with E-state index in [1.807, 2.05) is 36.0 Å². The van der Waals surface area contributed by atoms with E-state index in [4.69, 9.17) is 5.11 Å². The van der Waals surface area contributed by atoms with E-state index in [0.717, 1.165) is 40.8 Å². The molecule has 10 heteroatoms. The molecule has 1 aliphatic heterocycles. The number of rotatable bonds is 5. The van der Waals surface area contributed by atoms with Crippen molar-refractivity contribution in [1.82, 2.24) is 14.1 Å². The third-order valence-corrected chi connectivity index (χ3v) is 7.02. The van der Waals surface area contributed by atoms with Crippen LogP contribution in [0, 0.1) is 0 Å². The second-order valence-electron chi connectivity index (χ2n) is 9.49. The van der Waals surface area contributed by atoms with Crippen molar-refractivity contribution in [3.05, 3.63) is 69.9 Å². The Morgan fingerprint density at radius 3 is 2.49 bits per heavy atom. The van der Waals surface area contributed by atoms with Crippen LogP contribution in [0.3, 0.4) is 0 Å². The Labute approximate surface area is 212 Å². The first kappa shape index (κ1) is 24.5. The van der Waals surface area contributed by atoms with Gasteiger partial charge >= 0.3 is 11.7 Å². The molecule has 4 aromatic rings. The highest BCUT2D eigenvalue weighted by Gasteiger charge is 2.26. The van der Waals surface area contributed by atoms with Crippen LogP contribution in [-0.2, 0) is 20.5 Å². The molecular formula is C27H27F2N5O3. The van der Waals surface area contributed by atoms with Crippen molar-refractivity contribution in [2.24, 2.45) is 14.1 Å². The van der Waals surface area contributed by atoms with E-state index in [1.165, 1.54) is 24.4 Å². The third-order valence-electron chi connectivity index (χ3n) is 7.02. The summed E-state index contributed by atoms with van der Waals surface area (Å²) in [6.45, 7) is 0.642. The number of pyridine rings is 1. The summed E-state index contributed by atoms with van der Waals surface area (Å²) in [7, 11) is 7.28. The van der Waals surface area contributed by atoms with Crippen LogP contribution in [-0.4, -0.2) is 45.8 Å². The average Bonchev–Trinajstić information content (AvgIpc) is 3.10. The molecule has 37 heavy (non-hydrogen) atoms. The van der Waals surface area contributed by atoms with Gasteiger partial charge in [-0.1, -0.05) is 6.07 Å². The van der Waals surface area contributed by atoms with E-state index in [0.29, 0.717) is 23.4 Å². The van der Waals surface area contributed by atoms with Crippen LogP contribution in [0.1, 0.15) is 34.5 Å². The van der Waals surface area contributed by atoms with Crippen molar-refractivity contribution < 1.29 is 18.7 Å². The number of halogens is 2. The number of imidazole rings is 1. The fraction of sp³-hybridized carbons (Fsp3) is 0.296. The van der Waals surface area contributed by atoms with E-state index >= 15 is 0 Å². The Kier molecular flexibility index (Phi) is 5.97. The van der Waals surface area contributed by atoms with Crippen LogP contribution >= 0.6 is 0 Å². The van der Waals surface area contributed by atoms with Gasteiger partial charge in [0.2, 0.25) is 0 Å². The molecule has 0 radical (unpaired) electrons. The minimum Gasteiger partial charge on any atom is -0.477 e. The van der Waals surface area contributed by atoms with Crippen LogP contribution in [0.15, 0.2) is 47.4 Å². The number of anilines is 3. The van der Waals surface area contributed by atoms with Crippen LogP contribution in [0.4, 0.5) is 25.8 Å². The van der Waals surface area contributed by atoms with Gasteiger partial charge in [0.05, 0.1) is 16.7 Å². The highest BCUT2D eigenvalue weighted by molar-refractivity contribution is 5.94. The Bertz CT molecular complexity index is 1590. The summed E-state index contributed by atoms with van der Waals surface area (Å²) in [6.07, 6.45) is 0.123. The molecular weight excluding hydrogens is 480 g/mol. The molecule has 0 spiro atoms. The van der Waals surface area contributed by atoms with Crippen molar-refractivity contribution in [1.29, 1.82) is 0 Å². The zero-order valence-electron chi connectivity index (χ0n) is 21.0. The van der Waals surface area contributed by atoms with E-state index in [-0.39, 0.29) is 16.9 Å². The lowest BCUT2D eigenvalue weighted by atomic mass is 9.92. The minimum absolute atomic E-state index is 0.138. The highest BCUT2D eigenvalue weighted by atomic mass is 19.3. The molecule has 0 saturated carbocycles. The molecule has 8 nitrogen and oxygen atoms in total. The van der Waals surface area contributed by atoms with Crippen molar-refractivity contribution >= 4 is 34.1 Å². The zero-order chi connectivity index (χ0) is 26.6. The first-order valence-electron chi connectivity index (χ1n) is 11.9. The van der Waals surface area contributed by atoms with E-state index in [9.17, 15) is 18.4 Å². The highest BCUT2D eigenvalue weighted by Crippen LogP contribution is 2.42. The normalized spacial score (nSPS) is 13.3. The van der Waals surface area contributed by atoms with Crippen LogP contribution < -0.4 is 15.5 Å². The monoisotopic (exact) mass is 507 g/mol. The third kappa shape index (κ3) is 4.02. The lowest BCUT2D eigenvalue weighted by Crippen LogP contribution is -2.25. The molecule has 0 atom stereocenters. The van der Waals surface area contributed by atoms with E-state index < -0.39 is 12.4 Å². The maximum absolute atomic E-state index is 14.3. The number of hydrogen-bond acceptors (Lipinski definition) is 5. The second-order valence-corrected chi connectivity index (χ2v) is 9.49. The molecule has 3 heterocycles. The summed E-state index contributed by atoms with van der Waals surface area (Å²) in [5, 5.41) is 9.13. The summed E-state index contributed by atoms with van der Waals surface area (Å²) in [4.78, 5) is 31.7. The van der Waals surface area contributed by atoms with Gasteiger partial charge in [-0.2, -0.15) is 0 Å². The number of hydrogen-bond donors (Lipinski definition) is 1. The number of carboxylic acid groups (broad SMARTS) is 1. The summed E-state index contributed by atoms with van der Waals surface area (Å²) >= 11 is 0. The van der Waals surface area contributed by atoms with E-state index in [1.54, 1.807) is 29.3 Å². The predicted octanol–water partition coefficient (Wildman–Crippen LogP) is 4.73. The number of nitrogens with zero attached hydrogens (tertiary/aromatic N) is 5. The lowest BCUT2D eigenvalue weighted by Gasteiger charge is -2.33. The van der Waals surface area contributed by atoms with Gasteiger partial charge in [-0.3, -0.25) is 9.13 Å². The van der Waals surface area contributed by atoms with Gasteiger partial charge < -0.3 is 14.9 Å². The minimum atomic E-state index is -2.74. The molecule has 0 bridgehead atoms. The number of alkyl halides is 2. The maximum atomic E-state index is 14.3. The molecule has 0 aliphatic carbocycles. The Morgan fingerprint density at radius 2 is 1.86 bits per heavy atom. The van der Waals surface area contributed by atoms with Gasteiger partial charge in [-0.05, 0) is 54.3 Å². The smallest absolute Gasteiger partial charge is 0.354 e. The summed E-state index contributed by atoms with van der Waals surface area (Å²) < 4.78 is 31.8. The number of carboxylic acids is 1. The number of fused-ring (bicyclic) bond motifs is 2. The molecule has 2 aromatic heterocycles. The second kappa shape index (κ2) is 9.02. The molecule has 0 saturated heterocycles. The summed E-state index contributed by atoms with van der Waals surface area (Å²) in [6, 6.07) is 10.1. The molecule has 0 fully saturated rings. The maximum Gasteiger partial charge on any atom is 0.354 e. The molecule has 0 amide bonds. The van der Waals surface area contributed by atoms with Crippen molar-refractivity contribution in [3.63, 3.8) is 0 Å². The molecule has 5 rings (SSSR count). The number of aryl methyl sites for hydroxylation is 3. The average molecular weight is 508 g/mol. The summed E-state index contributed by atoms with van der Waals surface area (Å²) in [5.41, 5.74) is 5.22. The number of benzene rings is 2. The quantitative estimate of drug-likeness (QED) is 0.421. The van der Waals surface area contributed by atoms with Gasteiger partial charge in [0.1, 0.15) is 5.69 Å². The standard InChI is InChI=1S/C27H27F2N5O3/c1-31(2)22-11-17(12-23-24(22)33(4)27(37)32(23)3)34-9-5-6-15-10-18(19(25(28)29)13-21(15)34)16-7-8-20(26(35)36)30-14-16/h7-8,10-14,25H,5-6,9H2,1-4H3,(H,35,36). The van der Waals surface area contributed by atoms with Crippen LogP contribution in [0.25, 0.3) is 22.2 Å². The Hall–Kier alpha value is -4.21. The first-order chi connectivity index (χ1) is 17.6. The SMILES string of the molecule is CN(C)c1cc(N2CCCc3cc(-c4ccc(C(=O)O)nc4)c(C(F)F)cc32)cc2c1n(C)c(=O)n2C. The Morgan fingerprint density at radius 1 is 1.11 bits per heavy atom. The van der Waals surface area contributed by atoms with Crippen molar-refractivity contribution in [2.45, 2.75) is 19.3 Å². The topological polar surface area (TPSA) is 83.6 Å². The molecule has 192 valence electrons. The van der Waals surface area contributed by atoms with Gasteiger partial charge in [0.15, 0.2) is 0 Å². The lowest BCUT2D eigenvalue weighted by molar-refractivity contribution is 0.0690. The molecule has 2 aromatic carbocycles. The molecule has 0 unspecified atom stereocenters. The Balaban J connectivity index is 1.68. The van der Waals surface area contributed by atoms with Crippen LogP contribution in [0.5, 0.6) is 0 Å². The molecule has 1 N–H and O–H groups in total. The van der Waals surface area contributed by atoms with Crippen molar-refractivity contribution in [3.8, 4) is 11.1 Å². The first-order valence-corrected chi connectivity index (χ1v) is 11.9. The largest absolute Gasteiger partial charge is 0.477 e. The molecule has 1 aliphatic rings. The fourth-order valence-electron chi connectivity index (χ4n) is 5.14.